The molecule has 3 N–H and O–H groups in total. The lowest BCUT2D eigenvalue weighted by Crippen LogP contribution is -2.16. The molecule has 0 heterocycles. The zero-order chi connectivity index (χ0) is 14.5. The zero-order valence-corrected chi connectivity index (χ0v) is 12.0. The Balaban J connectivity index is 1.83. The van der Waals surface area contributed by atoms with Gasteiger partial charge in [0.25, 0.3) is 5.69 Å². The van der Waals surface area contributed by atoms with Gasteiger partial charge in [-0.05, 0) is 30.7 Å². The number of benzene rings is 1. The van der Waals surface area contributed by atoms with Gasteiger partial charge in [-0.1, -0.05) is 26.2 Å². The molecule has 0 amide bonds. The maximum Gasteiger partial charge on any atom is 0.271 e. The Morgan fingerprint density at radius 3 is 2.90 bits per heavy atom. The lowest BCUT2D eigenvalue weighted by atomic mass is 9.81. The minimum Gasteiger partial charge on any atom is -0.397 e. The first-order valence-electron chi connectivity index (χ1n) is 7.34. The van der Waals surface area contributed by atoms with E-state index in [1.807, 2.05) is 0 Å². The Hall–Kier alpha value is -1.78. The second-order valence-electron chi connectivity index (χ2n) is 5.88. The van der Waals surface area contributed by atoms with Gasteiger partial charge in [0, 0.05) is 18.7 Å². The van der Waals surface area contributed by atoms with Gasteiger partial charge in [0.1, 0.15) is 0 Å². The number of nitrogen functional groups attached to an aromatic ring is 1. The van der Waals surface area contributed by atoms with Crippen LogP contribution in [0.25, 0.3) is 0 Å². The second-order valence-corrected chi connectivity index (χ2v) is 5.88. The molecule has 2 unspecified atom stereocenters. The van der Waals surface area contributed by atoms with Gasteiger partial charge in [0.2, 0.25) is 0 Å². The van der Waals surface area contributed by atoms with E-state index >= 15 is 0 Å². The highest BCUT2D eigenvalue weighted by Crippen LogP contribution is 2.31. The summed E-state index contributed by atoms with van der Waals surface area (Å²) in [4.78, 5) is 10.2. The van der Waals surface area contributed by atoms with Gasteiger partial charge >= 0.3 is 0 Å². The smallest absolute Gasteiger partial charge is 0.271 e. The third kappa shape index (κ3) is 3.85. The molecular weight excluding hydrogens is 254 g/mol. The van der Waals surface area contributed by atoms with Gasteiger partial charge < -0.3 is 11.1 Å². The van der Waals surface area contributed by atoms with E-state index in [1.54, 1.807) is 6.07 Å². The first kappa shape index (κ1) is 14.6. The Labute approximate surface area is 119 Å². The van der Waals surface area contributed by atoms with Crippen molar-refractivity contribution in [3.05, 3.63) is 28.3 Å². The summed E-state index contributed by atoms with van der Waals surface area (Å²) >= 11 is 0. The summed E-state index contributed by atoms with van der Waals surface area (Å²) < 4.78 is 0. The molecule has 1 fully saturated rings. The van der Waals surface area contributed by atoms with Crippen molar-refractivity contribution in [2.24, 2.45) is 11.8 Å². The molecular formula is C15H23N3O2. The normalized spacial score (nSPS) is 22.4. The van der Waals surface area contributed by atoms with Crippen molar-refractivity contribution in [1.82, 2.24) is 0 Å². The number of nitro groups is 1. The summed E-state index contributed by atoms with van der Waals surface area (Å²) in [6.07, 6.45) is 6.48. The molecule has 2 atom stereocenters. The van der Waals surface area contributed by atoms with Crippen LogP contribution in [0.3, 0.4) is 0 Å². The number of nitro benzene ring substituents is 1. The van der Waals surface area contributed by atoms with E-state index in [4.69, 9.17) is 5.73 Å². The van der Waals surface area contributed by atoms with Gasteiger partial charge in [-0.15, -0.1) is 0 Å². The summed E-state index contributed by atoms with van der Waals surface area (Å²) in [6, 6.07) is 4.59. The van der Waals surface area contributed by atoms with Crippen LogP contribution in [0.1, 0.15) is 39.0 Å². The zero-order valence-electron chi connectivity index (χ0n) is 12.0. The molecule has 5 heteroatoms. The van der Waals surface area contributed by atoms with Crippen LogP contribution in [-0.4, -0.2) is 11.5 Å². The van der Waals surface area contributed by atoms with Crippen molar-refractivity contribution in [2.75, 3.05) is 17.6 Å². The molecule has 5 nitrogen and oxygen atoms in total. The van der Waals surface area contributed by atoms with Crippen LogP contribution in [0, 0.1) is 22.0 Å². The molecule has 0 aliphatic heterocycles. The number of non-ortho nitro benzene ring substituents is 1. The molecule has 1 aliphatic carbocycles. The molecule has 20 heavy (non-hydrogen) atoms. The molecule has 0 spiro atoms. The van der Waals surface area contributed by atoms with Gasteiger partial charge in [0.05, 0.1) is 16.3 Å². The van der Waals surface area contributed by atoms with E-state index in [1.165, 1.54) is 37.8 Å². The van der Waals surface area contributed by atoms with E-state index in [0.29, 0.717) is 5.69 Å². The first-order valence-corrected chi connectivity index (χ1v) is 7.34. The van der Waals surface area contributed by atoms with Crippen LogP contribution in [0.5, 0.6) is 0 Å². The summed E-state index contributed by atoms with van der Waals surface area (Å²) in [5.74, 6) is 1.64. The van der Waals surface area contributed by atoms with Crippen molar-refractivity contribution >= 4 is 17.1 Å². The molecule has 1 aromatic rings. The number of nitrogens with one attached hydrogen (secondary N) is 1. The molecule has 0 radical (unpaired) electrons. The molecule has 0 aromatic heterocycles. The largest absolute Gasteiger partial charge is 0.397 e. The van der Waals surface area contributed by atoms with E-state index in [2.05, 4.69) is 12.2 Å². The Morgan fingerprint density at radius 2 is 2.25 bits per heavy atom. The summed E-state index contributed by atoms with van der Waals surface area (Å²) in [5, 5.41) is 13.9. The third-order valence-electron chi connectivity index (χ3n) is 4.16. The number of nitrogens with zero attached hydrogens (tertiary/aromatic N) is 1. The highest BCUT2D eigenvalue weighted by molar-refractivity contribution is 5.69. The van der Waals surface area contributed by atoms with Crippen molar-refractivity contribution < 1.29 is 4.92 Å². The SMILES string of the molecule is CC1CCCC(CCNc2ccc([N+](=O)[O-])cc2N)C1. The molecule has 0 bridgehead atoms. The fourth-order valence-electron chi connectivity index (χ4n) is 3.06. The Bertz CT molecular complexity index is 476. The van der Waals surface area contributed by atoms with Gasteiger partial charge in [0.15, 0.2) is 0 Å². The topological polar surface area (TPSA) is 81.2 Å². The highest BCUT2D eigenvalue weighted by Gasteiger charge is 2.18. The van der Waals surface area contributed by atoms with Crippen LogP contribution in [0.4, 0.5) is 17.1 Å². The standard InChI is InChI=1S/C15H23N3O2/c1-11-3-2-4-12(9-11)7-8-17-15-6-5-13(18(19)20)10-14(15)16/h5-6,10-12,17H,2-4,7-9,16H2,1H3. The van der Waals surface area contributed by atoms with Crippen LogP contribution < -0.4 is 11.1 Å². The quantitative estimate of drug-likeness (QED) is 0.487. The average molecular weight is 277 g/mol. The van der Waals surface area contributed by atoms with Crippen molar-refractivity contribution in [3.63, 3.8) is 0 Å². The monoisotopic (exact) mass is 277 g/mol. The molecule has 1 aliphatic rings. The Kier molecular flexibility index (Phi) is 4.82. The van der Waals surface area contributed by atoms with Crippen molar-refractivity contribution in [3.8, 4) is 0 Å². The van der Waals surface area contributed by atoms with Crippen molar-refractivity contribution in [2.45, 2.75) is 39.0 Å². The lowest BCUT2D eigenvalue weighted by Gasteiger charge is -2.26. The number of rotatable bonds is 5. The van der Waals surface area contributed by atoms with E-state index in [-0.39, 0.29) is 5.69 Å². The fraction of sp³-hybridized carbons (Fsp3) is 0.600. The van der Waals surface area contributed by atoms with E-state index in [0.717, 1.165) is 30.5 Å². The molecule has 110 valence electrons. The molecule has 2 rings (SSSR count). The van der Waals surface area contributed by atoms with Crippen LogP contribution in [0.2, 0.25) is 0 Å². The van der Waals surface area contributed by atoms with Crippen LogP contribution >= 0.6 is 0 Å². The van der Waals surface area contributed by atoms with Gasteiger partial charge in [-0.3, -0.25) is 10.1 Å². The summed E-state index contributed by atoms with van der Waals surface area (Å²) in [6.45, 7) is 3.20. The van der Waals surface area contributed by atoms with E-state index in [9.17, 15) is 10.1 Å². The minimum atomic E-state index is -0.427. The predicted molar refractivity (Wildman–Crippen MR) is 81.7 cm³/mol. The fourth-order valence-corrected chi connectivity index (χ4v) is 3.06. The summed E-state index contributed by atoms with van der Waals surface area (Å²) in [7, 11) is 0. The second kappa shape index (κ2) is 6.59. The third-order valence-corrected chi connectivity index (χ3v) is 4.16. The number of hydrogen-bond acceptors (Lipinski definition) is 4. The van der Waals surface area contributed by atoms with Gasteiger partial charge in [-0.25, -0.2) is 0 Å². The van der Waals surface area contributed by atoms with Crippen LogP contribution in [-0.2, 0) is 0 Å². The predicted octanol–water partition coefficient (Wildman–Crippen LogP) is 3.81. The first-order chi connectivity index (χ1) is 9.56. The number of anilines is 2. The molecule has 0 saturated heterocycles. The van der Waals surface area contributed by atoms with Crippen LogP contribution in [0.15, 0.2) is 18.2 Å². The van der Waals surface area contributed by atoms with E-state index < -0.39 is 4.92 Å². The average Bonchev–Trinajstić information content (AvgIpc) is 2.40. The van der Waals surface area contributed by atoms with Gasteiger partial charge in [-0.2, -0.15) is 0 Å². The highest BCUT2D eigenvalue weighted by atomic mass is 16.6. The minimum absolute atomic E-state index is 0.0363. The number of nitrogens with two attached hydrogens (primary N) is 1. The maximum atomic E-state index is 10.6. The Morgan fingerprint density at radius 1 is 1.45 bits per heavy atom. The number of hydrogen-bond donors (Lipinski definition) is 2. The molecule has 1 aromatic carbocycles. The van der Waals surface area contributed by atoms with Crippen molar-refractivity contribution in [1.29, 1.82) is 0 Å². The lowest BCUT2D eigenvalue weighted by molar-refractivity contribution is -0.384. The summed E-state index contributed by atoms with van der Waals surface area (Å²) in [5.41, 5.74) is 7.10. The molecule has 1 saturated carbocycles. The maximum absolute atomic E-state index is 10.6.